The second-order valence-corrected chi connectivity index (χ2v) is 9.82. The van der Waals surface area contributed by atoms with Gasteiger partial charge >= 0.3 is 5.97 Å². The number of carboxylic acid groups (broad SMARTS) is 1. The summed E-state index contributed by atoms with van der Waals surface area (Å²) in [5.74, 6) is -1.52. The maximum absolute atomic E-state index is 13.4. The molecule has 1 aromatic heterocycles. The van der Waals surface area contributed by atoms with E-state index in [1.165, 1.54) is 35.2 Å². The highest BCUT2D eigenvalue weighted by Crippen LogP contribution is 2.37. The molecule has 2 amide bonds. The van der Waals surface area contributed by atoms with Gasteiger partial charge in [-0.1, -0.05) is 48.5 Å². The minimum absolute atomic E-state index is 0.101. The molecule has 0 aliphatic carbocycles. The number of rotatable bonds is 8. The first kappa shape index (κ1) is 24.3. The van der Waals surface area contributed by atoms with Crippen molar-refractivity contribution in [3.05, 3.63) is 112 Å². The van der Waals surface area contributed by atoms with E-state index in [0.29, 0.717) is 16.3 Å². The fourth-order valence-electron chi connectivity index (χ4n) is 3.37. The summed E-state index contributed by atoms with van der Waals surface area (Å²) in [6.07, 6.45) is 0. The third-order valence-electron chi connectivity index (χ3n) is 5.17. The van der Waals surface area contributed by atoms with E-state index in [2.05, 4.69) is 10.6 Å². The summed E-state index contributed by atoms with van der Waals surface area (Å²) in [6.45, 7) is 1.81. The maximum Gasteiger partial charge on any atom is 0.335 e. The monoisotopic (exact) mass is 502 g/mol. The van der Waals surface area contributed by atoms with Gasteiger partial charge in [-0.25, -0.2) is 4.79 Å². The molecule has 0 bridgehead atoms. The highest BCUT2D eigenvalue weighted by molar-refractivity contribution is 8.00. The molecule has 0 aliphatic heterocycles. The number of anilines is 2. The molecule has 0 saturated heterocycles. The second-order valence-electron chi connectivity index (χ2n) is 7.69. The predicted octanol–water partition coefficient (Wildman–Crippen LogP) is 6.48. The number of benzene rings is 3. The van der Waals surface area contributed by atoms with Gasteiger partial charge in [0.2, 0.25) is 5.91 Å². The Kier molecular flexibility index (Phi) is 7.64. The molecule has 1 unspecified atom stereocenters. The summed E-state index contributed by atoms with van der Waals surface area (Å²) in [7, 11) is 0. The van der Waals surface area contributed by atoms with Crippen LogP contribution < -0.4 is 10.6 Å². The first-order chi connectivity index (χ1) is 16.9. The molecule has 35 heavy (non-hydrogen) atoms. The molecule has 0 saturated carbocycles. The number of hydrogen-bond acceptors (Lipinski definition) is 5. The van der Waals surface area contributed by atoms with Crippen LogP contribution >= 0.6 is 23.1 Å². The number of aromatic carboxylic acids is 1. The van der Waals surface area contributed by atoms with Gasteiger partial charge < -0.3 is 15.7 Å². The molecule has 1 heterocycles. The summed E-state index contributed by atoms with van der Waals surface area (Å²) in [5, 5.41) is 16.4. The normalized spacial score (nSPS) is 11.5. The Balaban J connectivity index is 1.58. The van der Waals surface area contributed by atoms with E-state index in [-0.39, 0.29) is 17.4 Å². The number of aryl methyl sites for hydroxylation is 1. The fourth-order valence-corrected chi connectivity index (χ4v) is 5.07. The molecule has 4 aromatic rings. The van der Waals surface area contributed by atoms with Gasteiger partial charge in [-0.2, -0.15) is 0 Å². The number of amides is 2. The minimum Gasteiger partial charge on any atom is -0.478 e. The molecule has 176 valence electrons. The number of thioether (sulfide) groups is 1. The zero-order valence-electron chi connectivity index (χ0n) is 18.7. The van der Waals surface area contributed by atoms with Gasteiger partial charge in [0.25, 0.3) is 5.91 Å². The number of carboxylic acids is 1. The minimum atomic E-state index is -1.06. The topological polar surface area (TPSA) is 95.5 Å². The van der Waals surface area contributed by atoms with Crippen LogP contribution in [-0.4, -0.2) is 22.9 Å². The van der Waals surface area contributed by atoms with Crippen molar-refractivity contribution in [2.45, 2.75) is 17.1 Å². The van der Waals surface area contributed by atoms with Crippen LogP contribution in [0.3, 0.4) is 0 Å². The molecular weight excluding hydrogens is 480 g/mol. The van der Waals surface area contributed by atoms with Crippen molar-refractivity contribution < 1.29 is 19.5 Å². The van der Waals surface area contributed by atoms with Gasteiger partial charge in [0, 0.05) is 16.3 Å². The molecule has 4 rings (SSSR count). The van der Waals surface area contributed by atoms with Crippen LogP contribution in [0.5, 0.6) is 0 Å². The highest BCUT2D eigenvalue weighted by Gasteiger charge is 2.23. The van der Waals surface area contributed by atoms with Crippen molar-refractivity contribution in [1.82, 2.24) is 0 Å². The molecule has 0 fully saturated rings. The molecule has 3 aromatic carbocycles. The molecular formula is C27H22N2O4S2. The lowest BCUT2D eigenvalue weighted by molar-refractivity contribution is -0.115. The van der Waals surface area contributed by atoms with Crippen LogP contribution in [-0.2, 0) is 4.79 Å². The average Bonchev–Trinajstić information content (AvgIpc) is 3.40. The van der Waals surface area contributed by atoms with Gasteiger partial charge in [-0.15, -0.1) is 23.1 Å². The van der Waals surface area contributed by atoms with Crippen LogP contribution in [0.1, 0.15) is 36.4 Å². The second kappa shape index (κ2) is 11.0. The van der Waals surface area contributed by atoms with E-state index in [4.69, 9.17) is 0 Å². The van der Waals surface area contributed by atoms with Gasteiger partial charge in [0.05, 0.1) is 10.4 Å². The van der Waals surface area contributed by atoms with E-state index in [9.17, 15) is 19.5 Å². The summed E-state index contributed by atoms with van der Waals surface area (Å²) in [4.78, 5) is 38.7. The van der Waals surface area contributed by atoms with Crippen LogP contribution in [0.25, 0.3) is 0 Å². The molecule has 0 aliphatic rings. The fraction of sp³-hybridized carbons (Fsp3) is 0.0741. The summed E-state index contributed by atoms with van der Waals surface area (Å²) >= 11 is 2.71. The third kappa shape index (κ3) is 6.17. The molecule has 1 atom stereocenters. The van der Waals surface area contributed by atoms with Crippen LogP contribution in [0.4, 0.5) is 11.4 Å². The van der Waals surface area contributed by atoms with Crippen molar-refractivity contribution in [1.29, 1.82) is 0 Å². The van der Waals surface area contributed by atoms with E-state index < -0.39 is 11.2 Å². The largest absolute Gasteiger partial charge is 0.478 e. The average molecular weight is 503 g/mol. The van der Waals surface area contributed by atoms with Crippen LogP contribution in [0, 0.1) is 6.92 Å². The maximum atomic E-state index is 13.4. The van der Waals surface area contributed by atoms with Crippen molar-refractivity contribution >= 4 is 52.3 Å². The lowest BCUT2D eigenvalue weighted by atomic mass is 10.1. The molecule has 8 heteroatoms. The standard InChI is InChI=1S/C27H22N2O4S2/c1-17-12-13-19(27(32)33)15-22(17)29-26(31)24(18-7-3-2-4-8-18)35-21-10-5-9-20(16-21)28-25(30)23-11-6-14-34-23/h2-16,24H,1H3,(H,28,30)(H,29,31)(H,32,33). The van der Waals surface area contributed by atoms with E-state index >= 15 is 0 Å². The van der Waals surface area contributed by atoms with Gasteiger partial charge in [0.1, 0.15) is 5.25 Å². The first-order valence-electron chi connectivity index (χ1n) is 10.7. The Morgan fingerprint density at radius 1 is 0.886 bits per heavy atom. The van der Waals surface area contributed by atoms with E-state index in [0.717, 1.165) is 16.0 Å². The molecule has 6 nitrogen and oxygen atoms in total. The quantitative estimate of drug-likeness (QED) is 0.240. The predicted molar refractivity (Wildman–Crippen MR) is 141 cm³/mol. The highest BCUT2D eigenvalue weighted by atomic mass is 32.2. The lowest BCUT2D eigenvalue weighted by Gasteiger charge is -2.19. The Morgan fingerprint density at radius 2 is 1.69 bits per heavy atom. The van der Waals surface area contributed by atoms with Crippen LogP contribution in [0.2, 0.25) is 0 Å². The Morgan fingerprint density at radius 3 is 2.40 bits per heavy atom. The molecule has 0 radical (unpaired) electrons. The lowest BCUT2D eigenvalue weighted by Crippen LogP contribution is -2.20. The van der Waals surface area contributed by atoms with Crippen molar-refractivity contribution in [3.8, 4) is 0 Å². The van der Waals surface area contributed by atoms with Crippen molar-refractivity contribution in [2.24, 2.45) is 0 Å². The van der Waals surface area contributed by atoms with Crippen LogP contribution in [0.15, 0.2) is 95.2 Å². The van der Waals surface area contributed by atoms with Crippen molar-refractivity contribution in [2.75, 3.05) is 10.6 Å². The number of thiophene rings is 1. The number of carbonyl (C=O) groups is 3. The first-order valence-corrected chi connectivity index (χ1v) is 12.5. The Bertz CT molecular complexity index is 1350. The van der Waals surface area contributed by atoms with Gasteiger partial charge in [0.15, 0.2) is 0 Å². The zero-order valence-corrected chi connectivity index (χ0v) is 20.4. The Hall–Kier alpha value is -3.88. The number of carbonyl (C=O) groups excluding carboxylic acids is 2. The molecule has 3 N–H and O–H groups in total. The SMILES string of the molecule is Cc1ccc(C(=O)O)cc1NC(=O)C(Sc1cccc(NC(=O)c2cccs2)c1)c1ccccc1. The summed E-state index contributed by atoms with van der Waals surface area (Å²) in [5.41, 5.74) is 2.75. The zero-order chi connectivity index (χ0) is 24.8. The number of nitrogens with one attached hydrogen (secondary N) is 2. The smallest absolute Gasteiger partial charge is 0.335 e. The summed E-state index contributed by atoms with van der Waals surface area (Å²) < 4.78 is 0. The van der Waals surface area contributed by atoms with Gasteiger partial charge in [-0.05, 0) is 59.8 Å². The van der Waals surface area contributed by atoms with E-state index in [1.807, 2.05) is 66.9 Å². The van der Waals surface area contributed by atoms with E-state index in [1.54, 1.807) is 18.2 Å². The third-order valence-corrected chi connectivity index (χ3v) is 7.29. The van der Waals surface area contributed by atoms with Gasteiger partial charge in [-0.3, -0.25) is 9.59 Å². The Labute approximate surface area is 211 Å². The molecule has 0 spiro atoms. The summed E-state index contributed by atoms with van der Waals surface area (Å²) in [6, 6.07) is 24.9. The number of hydrogen-bond donors (Lipinski definition) is 3. The van der Waals surface area contributed by atoms with Crippen molar-refractivity contribution in [3.63, 3.8) is 0 Å².